The number of anilines is 1. The fourth-order valence-corrected chi connectivity index (χ4v) is 6.02. The van der Waals surface area contributed by atoms with Crippen LogP contribution in [0.15, 0.2) is 9.70 Å². The lowest BCUT2D eigenvalue weighted by Gasteiger charge is -2.35. The van der Waals surface area contributed by atoms with Crippen molar-refractivity contribution in [1.82, 2.24) is 9.47 Å². The first kappa shape index (κ1) is 29.4. The fourth-order valence-electron chi connectivity index (χ4n) is 4.73. The molecule has 3 heterocycles. The minimum Gasteiger partial charge on any atom is -0.481 e. The van der Waals surface area contributed by atoms with Crippen LogP contribution in [-0.4, -0.2) is 63.0 Å². The maximum absolute atomic E-state index is 13.2. The van der Waals surface area contributed by atoms with Gasteiger partial charge in [-0.25, -0.2) is 0 Å². The van der Waals surface area contributed by atoms with E-state index in [1.165, 1.54) is 21.2 Å². The molecule has 1 aromatic heterocycles. The Kier molecular flexibility index (Phi) is 10.1. The number of amides is 1. The molecule has 0 bridgehead atoms. The van der Waals surface area contributed by atoms with E-state index in [0.29, 0.717) is 84.5 Å². The number of rotatable bonds is 10. The van der Waals surface area contributed by atoms with Crippen molar-refractivity contribution in [3.05, 3.63) is 31.9 Å². The largest absolute Gasteiger partial charge is 0.481 e. The summed E-state index contributed by atoms with van der Waals surface area (Å²) in [6.07, 6.45) is 4.75. The standard InChI is InChI=1S/C26H32N4O6S2/c1-4-36-25(35)17-9-12-29(13-10-17)22-18(16(2)19(15-27)23(33)28(22)3)14-20-24(34)30(26(37)38-20)11-7-5-6-8-21(31)32/h14,17H,4-13H2,1-3H3,(H,31,32)/b20-14-. The third-order valence-corrected chi connectivity index (χ3v) is 8.18. The zero-order valence-corrected chi connectivity index (χ0v) is 23.5. The molecule has 1 aromatic rings. The highest BCUT2D eigenvalue weighted by Crippen LogP contribution is 2.36. The summed E-state index contributed by atoms with van der Waals surface area (Å²) in [6, 6.07) is 2.00. The predicted molar refractivity (Wildman–Crippen MR) is 149 cm³/mol. The highest BCUT2D eigenvalue weighted by molar-refractivity contribution is 8.26. The van der Waals surface area contributed by atoms with Crippen LogP contribution in [0.25, 0.3) is 6.08 Å². The molecule has 2 aliphatic rings. The van der Waals surface area contributed by atoms with Crippen molar-refractivity contribution in [2.45, 2.75) is 52.4 Å². The number of hydrogen-bond donors (Lipinski definition) is 1. The van der Waals surface area contributed by atoms with Gasteiger partial charge in [0.1, 0.15) is 21.8 Å². The summed E-state index contributed by atoms with van der Waals surface area (Å²) in [5.74, 6) is -0.935. The Morgan fingerprint density at radius 2 is 1.92 bits per heavy atom. The number of aromatic nitrogens is 1. The van der Waals surface area contributed by atoms with E-state index in [2.05, 4.69) is 0 Å². The van der Waals surface area contributed by atoms with Crippen LogP contribution in [-0.2, 0) is 26.2 Å². The Labute approximate surface area is 231 Å². The van der Waals surface area contributed by atoms with Gasteiger partial charge in [-0.3, -0.25) is 28.6 Å². The molecule has 1 N–H and O–H groups in total. The van der Waals surface area contributed by atoms with Crippen molar-refractivity contribution in [1.29, 1.82) is 5.26 Å². The van der Waals surface area contributed by atoms with Crippen molar-refractivity contribution in [2.24, 2.45) is 13.0 Å². The molecule has 1 amide bonds. The van der Waals surface area contributed by atoms with Crippen molar-refractivity contribution >= 4 is 58.0 Å². The third-order valence-electron chi connectivity index (χ3n) is 6.80. The van der Waals surface area contributed by atoms with Gasteiger partial charge in [-0.1, -0.05) is 30.4 Å². The van der Waals surface area contributed by atoms with Crippen LogP contribution in [0.2, 0.25) is 0 Å². The second-order valence-corrected chi connectivity index (χ2v) is 10.9. The quantitative estimate of drug-likeness (QED) is 0.197. The van der Waals surface area contributed by atoms with Crippen molar-refractivity contribution in [3.63, 3.8) is 0 Å². The molecule has 0 radical (unpaired) electrons. The number of nitriles is 1. The second-order valence-electron chi connectivity index (χ2n) is 9.26. The van der Waals surface area contributed by atoms with Gasteiger partial charge in [0, 0.05) is 38.7 Å². The average Bonchev–Trinajstić information content (AvgIpc) is 3.15. The van der Waals surface area contributed by atoms with Gasteiger partial charge in [0.15, 0.2) is 0 Å². The van der Waals surface area contributed by atoms with Gasteiger partial charge < -0.3 is 14.7 Å². The number of carbonyl (C=O) groups is 3. The lowest BCUT2D eigenvalue weighted by Crippen LogP contribution is -2.40. The molecular weight excluding hydrogens is 528 g/mol. The Bertz CT molecular complexity index is 1260. The minimum absolute atomic E-state index is 0.0119. The van der Waals surface area contributed by atoms with Crippen LogP contribution in [0.1, 0.15) is 62.1 Å². The summed E-state index contributed by atoms with van der Waals surface area (Å²) in [5.41, 5.74) is 0.675. The molecule has 0 spiro atoms. The van der Waals surface area contributed by atoms with Gasteiger partial charge in [0.25, 0.3) is 11.5 Å². The Hall–Kier alpha value is -3.17. The van der Waals surface area contributed by atoms with Crippen LogP contribution in [0, 0.1) is 24.2 Å². The Morgan fingerprint density at radius 3 is 2.53 bits per heavy atom. The summed E-state index contributed by atoms with van der Waals surface area (Å²) >= 11 is 6.61. The van der Waals surface area contributed by atoms with Gasteiger partial charge >= 0.3 is 11.9 Å². The number of carbonyl (C=O) groups excluding carboxylic acids is 2. The highest BCUT2D eigenvalue weighted by Gasteiger charge is 2.34. The van der Waals surface area contributed by atoms with E-state index in [4.69, 9.17) is 22.1 Å². The fraction of sp³-hybridized carbons (Fsp3) is 0.538. The third kappa shape index (κ3) is 6.45. The highest BCUT2D eigenvalue weighted by atomic mass is 32.2. The summed E-state index contributed by atoms with van der Waals surface area (Å²) in [6.45, 7) is 5.22. The summed E-state index contributed by atoms with van der Waals surface area (Å²) in [5, 5.41) is 18.5. The summed E-state index contributed by atoms with van der Waals surface area (Å²) in [4.78, 5) is 53.1. The topological polar surface area (TPSA) is 133 Å². The van der Waals surface area contributed by atoms with E-state index in [1.54, 1.807) is 27.0 Å². The van der Waals surface area contributed by atoms with E-state index in [-0.39, 0.29) is 29.8 Å². The van der Waals surface area contributed by atoms with Gasteiger partial charge in [0.2, 0.25) is 0 Å². The number of thioether (sulfide) groups is 1. The zero-order valence-electron chi connectivity index (χ0n) is 21.8. The van der Waals surface area contributed by atoms with Gasteiger partial charge in [0.05, 0.1) is 17.4 Å². The monoisotopic (exact) mass is 560 g/mol. The van der Waals surface area contributed by atoms with E-state index in [1.807, 2.05) is 11.0 Å². The number of carboxylic acid groups (broad SMARTS) is 1. The number of unbranched alkanes of at least 4 members (excludes halogenated alkanes) is 2. The normalized spacial score (nSPS) is 17.3. The zero-order chi connectivity index (χ0) is 28.0. The number of ether oxygens (including phenoxy) is 1. The SMILES string of the molecule is CCOC(=O)C1CCN(c2c(/C=C3\SC(=S)N(CCCCCC(=O)O)C3=O)c(C)c(C#N)c(=O)n2C)CC1. The average molecular weight is 561 g/mol. The molecule has 0 unspecified atom stereocenters. The number of aliphatic carboxylic acids is 1. The lowest BCUT2D eigenvalue weighted by molar-refractivity contribution is -0.148. The molecule has 10 nitrogen and oxygen atoms in total. The number of pyridine rings is 1. The van der Waals surface area contributed by atoms with Crippen LogP contribution >= 0.6 is 24.0 Å². The number of carboxylic acids is 1. The second kappa shape index (κ2) is 13.1. The first-order chi connectivity index (χ1) is 18.1. The van der Waals surface area contributed by atoms with E-state index in [0.717, 1.165) is 0 Å². The summed E-state index contributed by atoms with van der Waals surface area (Å²) in [7, 11) is 1.61. The number of nitrogens with zero attached hydrogens (tertiary/aromatic N) is 4. The van der Waals surface area contributed by atoms with Gasteiger partial charge in [-0.05, 0) is 51.2 Å². The van der Waals surface area contributed by atoms with E-state index >= 15 is 0 Å². The smallest absolute Gasteiger partial charge is 0.309 e. The first-order valence-corrected chi connectivity index (χ1v) is 13.9. The first-order valence-electron chi connectivity index (χ1n) is 12.6. The molecule has 204 valence electrons. The molecule has 2 fully saturated rings. The number of thiocarbonyl (C=S) groups is 1. The maximum atomic E-state index is 13.2. The van der Waals surface area contributed by atoms with E-state index < -0.39 is 11.5 Å². The molecule has 0 aliphatic carbocycles. The minimum atomic E-state index is -0.844. The van der Waals surface area contributed by atoms with Crippen LogP contribution < -0.4 is 10.5 Å². The molecular formula is C26H32N4O6S2. The number of hydrogen-bond acceptors (Lipinski definition) is 9. The van der Waals surface area contributed by atoms with E-state index in [9.17, 15) is 24.4 Å². The molecule has 2 aliphatic heterocycles. The molecule has 0 saturated carbocycles. The molecule has 0 aromatic carbocycles. The van der Waals surface area contributed by atoms with Gasteiger partial charge in [-0.2, -0.15) is 5.26 Å². The van der Waals surface area contributed by atoms with Crippen LogP contribution in [0.5, 0.6) is 0 Å². The Morgan fingerprint density at radius 1 is 1.24 bits per heavy atom. The predicted octanol–water partition coefficient (Wildman–Crippen LogP) is 3.19. The maximum Gasteiger partial charge on any atom is 0.309 e. The number of esters is 1. The van der Waals surface area contributed by atoms with Gasteiger partial charge in [-0.15, -0.1) is 0 Å². The van der Waals surface area contributed by atoms with Crippen molar-refractivity contribution < 1.29 is 24.2 Å². The molecule has 12 heteroatoms. The Balaban J connectivity index is 1.90. The molecule has 0 atom stereocenters. The summed E-state index contributed by atoms with van der Waals surface area (Å²) < 4.78 is 7.02. The lowest BCUT2D eigenvalue weighted by atomic mass is 9.95. The van der Waals surface area contributed by atoms with Crippen LogP contribution in [0.3, 0.4) is 0 Å². The molecule has 3 rings (SSSR count). The molecule has 2 saturated heterocycles. The van der Waals surface area contributed by atoms with Crippen molar-refractivity contribution in [3.8, 4) is 6.07 Å². The van der Waals surface area contributed by atoms with Crippen molar-refractivity contribution in [2.75, 3.05) is 31.1 Å². The molecule has 38 heavy (non-hydrogen) atoms. The number of piperidine rings is 1. The van der Waals surface area contributed by atoms with Crippen LogP contribution in [0.4, 0.5) is 5.82 Å².